The molecule has 1 aliphatic rings. The molecule has 3 unspecified atom stereocenters. The SMILES string of the molecule is CC1(C)C(O)CC1NCC(O)c1ccccc1Cl. The van der Waals surface area contributed by atoms with Crippen LogP contribution in [-0.4, -0.2) is 28.9 Å². The number of rotatable bonds is 4. The Bertz CT molecular complexity index is 422. The molecule has 0 bridgehead atoms. The minimum atomic E-state index is -0.618. The monoisotopic (exact) mass is 269 g/mol. The molecule has 18 heavy (non-hydrogen) atoms. The van der Waals surface area contributed by atoms with E-state index >= 15 is 0 Å². The average molecular weight is 270 g/mol. The van der Waals surface area contributed by atoms with Gasteiger partial charge in [-0.2, -0.15) is 0 Å². The summed E-state index contributed by atoms with van der Waals surface area (Å²) in [7, 11) is 0. The molecule has 0 aromatic heterocycles. The van der Waals surface area contributed by atoms with Crippen molar-refractivity contribution in [1.29, 1.82) is 0 Å². The normalized spacial score (nSPS) is 27.6. The maximum absolute atomic E-state index is 10.1. The fourth-order valence-electron chi connectivity index (χ4n) is 2.36. The van der Waals surface area contributed by atoms with Crippen molar-refractivity contribution < 1.29 is 10.2 Å². The minimum Gasteiger partial charge on any atom is -0.392 e. The largest absolute Gasteiger partial charge is 0.392 e. The van der Waals surface area contributed by atoms with Crippen LogP contribution in [0.1, 0.15) is 31.9 Å². The van der Waals surface area contributed by atoms with Crippen LogP contribution < -0.4 is 5.32 Å². The standard InChI is InChI=1S/C14H20ClNO2/c1-14(2)12(7-13(14)18)16-8-11(17)9-5-3-4-6-10(9)15/h3-6,11-13,16-18H,7-8H2,1-2H3. The van der Waals surface area contributed by atoms with Crippen LogP contribution in [0.4, 0.5) is 0 Å². The van der Waals surface area contributed by atoms with E-state index in [1.807, 2.05) is 32.0 Å². The Morgan fingerprint density at radius 3 is 2.67 bits per heavy atom. The topological polar surface area (TPSA) is 52.5 Å². The van der Waals surface area contributed by atoms with E-state index < -0.39 is 6.10 Å². The number of aliphatic hydroxyl groups excluding tert-OH is 2. The molecule has 0 aliphatic heterocycles. The molecule has 0 radical (unpaired) electrons. The highest BCUT2D eigenvalue weighted by Gasteiger charge is 2.46. The fraction of sp³-hybridized carbons (Fsp3) is 0.571. The van der Waals surface area contributed by atoms with Gasteiger partial charge in [-0.05, 0) is 12.5 Å². The van der Waals surface area contributed by atoms with Gasteiger partial charge in [-0.15, -0.1) is 0 Å². The van der Waals surface area contributed by atoms with E-state index in [1.54, 1.807) is 6.07 Å². The second kappa shape index (κ2) is 5.17. The summed E-state index contributed by atoms with van der Waals surface area (Å²) >= 11 is 6.03. The molecule has 3 atom stereocenters. The van der Waals surface area contributed by atoms with Gasteiger partial charge in [0.05, 0.1) is 12.2 Å². The van der Waals surface area contributed by atoms with Crippen molar-refractivity contribution >= 4 is 11.6 Å². The summed E-state index contributed by atoms with van der Waals surface area (Å²) in [6, 6.07) is 7.55. The predicted octanol–water partition coefficient (Wildman–Crippen LogP) is 2.12. The van der Waals surface area contributed by atoms with E-state index in [0.717, 1.165) is 12.0 Å². The molecule has 1 aromatic carbocycles. The quantitative estimate of drug-likeness (QED) is 0.785. The van der Waals surface area contributed by atoms with Gasteiger partial charge >= 0.3 is 0 Å². The van der Waals surface area contributed by atoms with E-state index in [0.29, 0.717) is 11.6 Å². The summed E-state index contributed by atoms with van der Waals surface area (Å²) < 4.78 is 0. The Hall–Kier alpha value is -0.610. The van der Waals surface area contributed by atoms with Crippen LogP contribution in [0.25, 0.3) is 0 Å². The molecular weight excluding hydrogens is 250 g/mol. The lowest BCUT2D eigenvalue weighted by atomic mass is 9.64. The zero-order valence-electron chi connectivity index (χ0n) is 10.7. The summed E-state index contributed by atoms with van der Waals surface area (Å²) in [4.78, 5) is 0. The van der Waals surface area contributed by atoms with E-state index in [4.69, 9.17) is 11.6 Å². The number of aliphatic hydroxyl groups is 2. The van der Waals surface area contributed by atoms with Crippen LogP contribution in [0.5, 0.6) is 0 Å². The molecule has 0 saturated heterocycles. The molecular formula is C14H20ClNO2. The van der Waals surface area contributed by atoms with Gasteiger partial charge in [0.25, 0.3) is 0 Å². The average Bonchev–Trinajstić information content (AvgIpc) is 2.34. The van der Waals surface area contributed by atoms with E-state index in [-0.39, 0.29) is 17.6 Å². The second-order valence-electron chi connectivity index (χ2n) is 5.57. The Labute approximate surface area is 113 Å². The first kappa shape index (κ1) is 13.8. The van der Waals surface area contributed by atoms with E-state index in [1.165, 1.54) is 0 Å². The molecule has 4 heteroatoms. The number of hydrogen-bond donors (Lipinski definition) is 3. The Morgan fingerprint density at radius 1 is 1.44 bits per heavy atom. The third-order valence-corrected chi connectivity index (χ3v) is 4.38. The number of benzene rings is 1. The Morgan fingerprint density at radius 2 is 2.11 bits per heavy atom. The first-order chi connectivity index (χ1) is 8.43. The highest BCUT2D eigenvalue weighted by molar-refractivity contribution is 6.31. The van der Waals surface area contributed by atoms with Gasteiger partial charge in [-0.25, -0.2) is 0 Å². The van der Waals surface area contributed by atoms with Crippen molar-refractivity contribution in [2.75, 3.05) is 6.54 Å². The smallest absolute Gasteiger partial charge is 0.0928 e. The molecule has 3 N–H and O–H groups in total. The van der Waals surface area contributed by atoms with Crippen LogP contribution in [0, 0.1) is 5.41 Å². The number of hydrogen-bond acceptors (Lipinski definition) is 3. The van der Waals surface area contributed by atoms with Crippen LogP contribution in [0.15, 0.2) is 24.3 Å². The maximum atomic E-state index is 10.1. The Balaban J connectivity index is 1.90. The third kappa shape index (κ3) is 2.54. The first-order valence-electron chi connectivity index (χ1n) is 6.27. The van der Waals surface area contributed by atoms with Gasteiger partial charge in [0.1, 0.15) is 0 Å². The van der Waals surface area contributed by atoms with Crippen LogP contribution in [0.2, 0.25) is 5.02 Å². The maximum Gasteiger partial charge on any atom is 0.0928 e. The molecule has 1 saturated carbocycles. The summed E-state index contributed by atoms with van der Waals surface area (Å²) in [5, 5.41) is 23.6. The van der Waals surface area contributed by atoms with Gasteiger partial charge < -0.3 is 15.5 Å². The Kier molecular flexibility index (Phi) is 3.97. The first-order valence-corrected chi connectivity index (χ1v) is 6.64. The predicted molar refractivity (Wildman–Crippen MR) is 72.6 cm³/mol. The zero-order chi connectivity index (χ0) is 13.3. The minimum absolute atomic E-state index is 0.125. The lowest BCUT2D eigenvalue weighted by Crippen LogP contribution is -2.60. The molecule has 2 rings (SSSR count). The van der Waals surface area contributed by atoms with Crippen LogP contribution >= 0.6 is 11.6 Å². The lowest BCUT2D eigenvalue weighted by Gasteiger charge is -2.50. The van der Waals surface area contributed by atoms with Gasteiger partial charge in [0, 0.05) is 28.6 Å². The third-order valence-electron chi connectivity index (χ3n) is 4.04. The highest BCUT2D eigenvalue weighted by Crippen LogP contribution is 2.40. The molecule has 1 fully saturated rings. The molecule has 100 valence electrons. The van der Waals surface area contributed by atoms with Crippen molar-refractivity contribution in [2.45, 2.75) is 38.5 Å². The zero-order valence-corrected chi connectivity index (χ0v) is 11.5. The van der Waals surface area contributed by atoms with Crippen molar-refractivity contribution in [3.05, 3.63) is 34.9 Å². The second-order valence-corrected chi connectivity index (χ2v) is 5.98. The summed E-state index contributed by atoms with van der Waals surface area (Å²) in [5.41, 5.74) is 0.615. The van der Waals surface area contributed by atoms with Gasteiger partial charge in [-0.1, -0.05) is 43.6 Å². The van der Waals surface area contributed by atoms with Gasteiger partial charge in [-0.3, -0.25) is 0 Å². The molecule has 1 aromatic rings. The molecule has 1 aliphatic carbocycles. The van der Waals surface area contributed by atoms with Gasteiger partial charge in [0.2, 0.25) is 0 Å². The van der Waals surface area contributed by atoms with Crippen LogP contribution in [0.3, 0.4) is 0 Å². The van der Waals surface area contributed by atoms with Crippen molar-refractivity contribution in [2.24, 2.45) is 5.41 Å². The van der Waals surface area contributed by atoms with Crippen LogP contribution in [-0.2, 0) is 0 Å². The van der Waals surface area contributed by atoms with E-state index in [9.17, 15) is 10.2 Å². The molecule has 0 heterocycles. The van der Waals surface area contributed by atoms with Crippen molar-refractivity contribution in [1.82, 2.24) is 5.32 Å². The summed E-state index contributed by atoms with van der Waals surface area (Å²) in [5.74, 6) is 0. The van der Waals surface area contributed by atoms with Crippen molar-refractivity contribution in [3.63, 3.8) is 0 Å². The summed E-state index contributed by atoms with van der Waals surface area (Å²) in [6.45, 7) is 4.51. The van der Waals surface area contributed by atoms with Gasteiger partial charge in [0.15, 0.2) is 0 Å². The lowest BCUT2D eigenvalue weighted by molar-refractivity contribution is -0.0749. The highest BCUT2D eigenvalue weighted by atomic mass is 35.5. The number of halogens is 1. The molecule has 3 nitrogen and oxygen atoms in total. The van der Waals surface area contributed by atoms with Crippen molar-refractivity contribution in [3.8, 4) is 0 Å². The summed E-state index contributed by atoms with van der Waals surface area (Å²) in [6.07, 6.45) is -0.137. The number of nitrogens with one attached hydrogen (secondary N) is 1. The molecule has 0 spiro atoms. The molecule has 0 amide bonds. The van der Waals surface area contributed by atoms with E-state index in [2.05, 4.69) is 5.32 Å². The fourth-order valence-corrected chi connectivity index (χ4v) is 2.62.